The Morgan fingerprint density at radius 3 is 2.53 bits per heavy atom. The average Bonchev–Trinajstić information content (AvgIpc) is 3.12. The number of hydrogen-bond acceptors (Lipinski definition) is 1. The topological polar surface area (TPSA) is 36.4 Å². The van der Waals surface area contributed by atoms with Crippen LogP contribution in [-0.4, -0.2) is 18.5 Å². The van der Waals surface area contributed by atoms with Crippen LogP contribution in [0.1, 0.15) is 38.3 Å². The number of benzene rings is 1. The van der Waals surface area contributed by atoms with E-state index < -0.39 is 0 Å². The van der Waals surface area contributed by atoms with Crippen molar-refractivity contribution >= 4 is 5.96 Å². The van der Waals surface area contributed by atoms with Crippen LogP contribution in [0.5, 0.6) is 0 Å². The zero-order valence-electron chi connectivity index (χ0n) is 12.2. The molecule has 1 saturated carbocycles. The quantitative estimate of drug-likeness (QED) is 0.630. The summed E-state index contributed by atoms with van der Waals surface area (Å²) in [6, 6.07) is 9.16. The summed E-state index contributed by atoms with van der Waals surface area (Å²) in [4.78, 5) is 4.70. The third kappa shape index (κ3) is 3.98. The van der Waals surface area contributed by atoms with Crippen LogP contribution >= 0.6 is 0 Å². The normalized spacial score (nSPS) is 22.2. The highest BCUT2D eigenvalue weighted by Crippen LogP contribution is 2.28. The van der Waals surface area contributed by atoms with Crippen LogP contribution in [0.25, 0.3) is 0 Å². The summed E-state index contributed by atoms with van der Waals surface area (Å²) in [6.45, 7) is 8.22. The van der Waals surface area contributed by atoms with E-state index >= 15 is 0 Å². The van der Waals surface area contributed by atoms with Crippen LogP contribution in [0.2, 0.25) is 0 Å². The molecule has 0 heterocycles. The van der Waals surface area contributed by atoms with Gasteiger partial charge in [-0.05, 0) is 36.8 Å². The molecule has 1 fully saturated rings. The number of hydrogen-bond donors (Lipinski definition) is 2. The molecule has 0 aliphatic heterocycles. The fraction of sp³-hybridized carbons (Fsp3) is 0.562. The molecule has 19 heavy (non-hydrogen) atoms. The van der Waals surface area contributed by atoms with E-state index in [1.807, 2.05) is 0 Å². The van der Waals surface area contributed by atoms with Crippen LogP contribution in [0, 0.1) is 5.92 Å². The van der Waals surface area contributed by atoms with Gasteiger partial charge in [-0.25, -0.2) is 4.99 Å². The lowest BCUT2D eigenvalue weighted by Crippen LogP contribution is -2.39. The SMILES string of the molecule is CCNC(=NCc1ccccc1CC)NC1CC1C. The first-order valence-corrected chi connectivity index (χ1v) is 7.36. The zero-order valence-corrected chi connectivity index (χ0v) is 12.2. The molecule has 2 unspecified atom stereocenters. The van der Waals surface area contributed by atoms with E-state index in [0.717, 1.165) is 31.4 Å². The van der Waals surface area contributed by atoms with Gasteiger partial charge in [0, 0.05) is 12.6 Å². The summed E-state index contributed by atoms with van der Waals surface area (Å²) < 4.78 is 0. The van der Waals surface area contributed by atoms with E-state index in [-0.39, 0.29) is 0 Å². The molecule has 0 saturated heterocycles. The van der Waals surface area contributed by atoms with Crippen molar-refractivity contribution in [1.29, 1.82) is 0 Å². The minimum atomic E-state index is 0.610. The van der Waals surface area contributed by atoms with Crippen molar-refractivity contribution < 1.29 is 0 Å². The largest absolute Gasteiger partial charge is 0.357 e. The van der Waals surface area contributed by atoms with Crippen molar-refractivity contribution in [2.24, 2.45) is 10.9 Å². The van der Waals surface area contributed by atoms with E-state index in [1.165, 1.54) is 17.5 Å². The Balaban J connectivity index is 2.00. The molecule has 2 N–H and O–H groups in total. The number of nitrogens with zero attached hydrogens (tertiary/aromatic N) is 1. The first-order valence-electron chi connectivity index (χ1n) is 7.36. The molecule has 3 heteroatoms. The number of guanidine groups is 1. The van der Waals surface area contributed by atoms with Gasteiger partial charge in [0.25, 0.3) is 0 Å². The molecule has 1 aliphatic rings. The fourth-order valence-corrected chi connectivity index (χ4v) is 2.24. The lowest BCUT2D eigenvalue weighted by molar-refractivity contribution is 0.766. The van der Waals surface area contributed by atoms with E-state index in [1.54, 1.807) is 0 Å². The van der Waals surface area contributed by atoms with Gasteiger partial charge in [0.2, 0.25) is 0 Å². The van der Waals surface area contributed by atoms with Crippen molar-refractivity contribution in [2.75, 3.05) is 6.54 Å². The molecule has 2 atom stereocenters. The molecule has 3 nitrogen and oxygen atoms in total. The molecule has 1 aromatic rings. The minimum Gasteiger partial charge on any atom is -0.357 e. The zero-order chi connectivity index (χ0) is 13.7. The summed E-state index contributed by atoms with van der Waals surface area (Å²) >= 11 is 0. The maximum atomic E-state index is 4.70. The van der Waals surface area contributed by atoms with Crippen LogP contribution in [-0.2, 0) is 13.0 Å². The van der Waals surface area contributed by atoms with Crippen LogP contribution < -0.4 is 10.6 Å². The van der Waals surface area contributed by atoms with E-state index in [9.17, 15) is 0 Å². The molecular weight excluding hydrogens is 234 g/mol. The first-order chi connectivity index (χ1) is 9.24. The number of rotatable bonds is 5. The maximum Gasteiger partial charge on any atom is 0.191 e. The average molecular weight is 259 g/mol. The Labute approximate surface area is 116 Å². The number of aryl methyl sites for hydroxylation is 1. The van der Waals surface area contributed by atoms with Gasteiger partial charge in [0.05, 0.1) is 6.54 Å². The van der Waals surface area contributed by atoms with E-state index in [2.05, 4.69) is 55.7 Å². The van der Waals surface area contributed by atoms with E-state index in [4.69, 9.17) is 4.99 Å². The summed E-state index contributed by atoms with van der Waals surface area (Å²) in [6.07, 6.45) is 2.32. The van der Waals surface area contributed by atoms with Crippen molar-refractivity contribution in [3.05, 3.63) is 35.4 Å². The standard InChI is InChI=1S/C16H25N3/c1-4-13-8-6-7-9-14(13)11-18-16(17-5-2)19-15-10-12(15)3/h6-9,12,15H,4-5,10-11H2,1-3H3,(H2,17,18,19). The van der Waals surface area contributed by atoms with Gasteiger partial charge in [0.1, 0.15) is 0 Å². The van der Waals surface area contributed by atoms with Crippen LogP contribution in [0.15, 0.2) is 29.3 Å². The highest BCUT2D eigenvalue weighted by atomic mass is 15.2. The molecule has 0 aromatic heterocycles. The van der Waals surface area contributed by atoms with Crippen molar-refractivity contribution in [2.45, 2.75) is 46.2 Å². The monoisotopic (exact) mass is 259 g/mol. The lowest BCUT2D eigenvalue weighted by atomic mass is 10.1. The Morgan fingerprint density at radius 1 is 1.26 bits per heavy atom. The number of aliphatic imine (C=N–C) groups is 1. The predicted octanol–water partition coefficient (Wildman–Crippen LogP) is 2.71. The van der Waals surface area contributed by atoms with Crippen molar-refractivity contribution in [3.63, 3.8) is 0 Å². The van der Waals surface area contributed by atoms with Crippen LogP contribution in [0.4, 0.5) is 0 Å². The number of nitrogens with one attached hydrogen (secondary N) is 2. The molecule has 0 bridgehead atoms. The molecule has 0 amide bonds. The third-order valence-corrected chi connectivity index (χ3v) is 3.68. The third-order valence-electron chi connectivity index (χ3n) is 3.68. The Bertz CT molecular complexity index is 439. The van der Waals surface area contributed by atoms with Gasteiger partial charge in [-0.3, -0.25) is 0 Å². The Morgan fingerprint density at radius 2 is 1.95 bits per heavy atom. The molecule has 1 aliphatic carbocycles. The lowest BCUT2D eigenvalue weighted by Gasteiger charge is -2.11. The van der Waals surface area contributed by atoms with Gasteiger partial charge in [-0.1, -0.05) is 38.1 Å². The minimum absolute atomic E-state index is 0.610. The first kappa shape index (κ1) is 13.9. The fourth-order valence-electron chi connectivity index (χ4n) is 2.24. The van der Waals surface area contributed by atoms with E-state index in [0.29, 0.717) is 6.04 Å². The second-order valence-corrected chi connectivity index (χ2v) is 5.28. The predicted molar refractivity (Wildman–Crippen MR) is 81.3 cm³/mol. The Kier molecular flexibility index (Phi) is 4.83. The van der Waals surface area contributed by atoms with Gasteiger partial charge in [-0.15, -0.1) is 0 Å². The summed E-state index contributed by atoms with van der Waals surface area (Å²) in [7, 11) is 0. The molecular formula is C16H25N3. The van der Waals surface area contributed by atoms with Crippen LogP contribution in [0.3, 0.4) is 0 Å². The highest BCUT2D eigenvalue weighted by Gasteiger charge is 2.33. The van der Waals surface area contributed by atoms with Gasteiger partial charge in [-0.2, -0.15) is 0 Å². The second-order valence-electron chi connectivity index (χ2n) is 5.28. The molecule has 104 valence electrons. The molecule has 2 rings (SSSR count). The smallest absolute Gasteiger partial charge is 0.191 e. The van der Waals surface area contributed by atoms with Gasteiger partial charge < -0.3 is 10.6 Å². The van der Waals surface area contributed by atoms with Gasteiger partial charge in [0.15, 0.2) is 5.96 Å². The second kappa shape index (κ2) is 6.60. The van der Waals surface area contributed by atoms with Gasteiger partial charge >= 0.3 is 0 Å². The maximum absolute atomic E-state index is 4.70. The molecule has 0 spiro atoms. The van der Waals surface area contributed by atoms with Crippen molar-refractivity contribution in [3.8, 4) is 0 Å². The highest BCUT2D eigenvalue weighted by molar-refractivity contribution is 5.80. The van der Waals surface area contributed by atoms with Crippen molar-refractivity contribution in [1.82, 2.24) is 10.6 Å². The molecule has 0 radical (unpaired) electrons. The summed E-state index contributed by atoms with van der Waals surface area (Å²) in [5.41, 5.74) is 2.72. The summed E-state index contributed by atoms with van der Waals surface area (Å²) in [5.74, 6) is 1.73. The summed E-state index contributed by atoms with van der Waals surface area (Å²) in [5, 5.41) is 6.81. The molecule has 1 aromatic carbocycles. The Hall–Kier alpha value is -1.51.